The molecule has 0 aromatic heterocycles. The first kappa shape index (κ1) is 13.8. The fraction of sp³-hybridized carbons (Fsp3) is 0.429. The lowest BCUT2D eigenvalue weighted by molar-refractivity contribution is 0.217. The van der Waals surface area contributed by atoms with E-state index in [1.165, 1.54) is 5.56 Å². The summed E-state index contributed by atoms with van der Waals surface area (Å²) in [6.45, 7) is 8.73. The number of rotatable bonds is 4. The molecule has 1 aromatic carbocycles. The fourth-order valence-electron chi connectivity index (χ4n) is 1.06. The summed E-state index contributed by atoms with van der Waals surface area (Å²) in [5.74, 6) is 0.996. The van der Waals surface area contributed by atoms with Crippen LogP contribution in [0.4, 0.5) is 0 Å². The van der Waals surface area contributed by atoms with Gasteiger partial charge in [0.15, 0.2) is 0 Å². The average Bonchev–Trinajstić information content (AvgIpc) is 2.33. The minimum atomic E-state index is 0.764. The quantitative estimate of drug-likeness (QED) is 0.671. The van der Waals surface area contributed by atoms with E-state index >= 15 is 0 Å². The van der Waals surface area contributed by atoms with E-state index in [9.17, 15) is 0 Å². The summed E-state index contributed by atoms with van der Waals surface area (Å²) in [6, 6.07) is 10.4. The minimum absolute atomic E-state index is 0.764. The van der Waals surface area contributed by atoms with E-state index in [2.05, 4.69) is 24.3 Å². The Morgan fingerprint density at radius 2 is 1.80 bits per heavy atom. The Labute approximate surface area is 93.8 Å². The number of ether oxygens (including phenoxy) is 1. The van der Waals surface area contributed by atoms with Crippen molar-refractivity contribution in [1.82, 2.24) is 0 Å². The molecule has 84 valence electrons. The number of hydrogen-bond acceptors (Lipinski definition) is 1. The van der Waals surface area contributed by atoms with Crippen molar-refractivity contribution in [3.63, 3.8) is 0 Å². The summed E-state index contributed by atoms with van der Waals surface area (Å²) in [4.78, 5) is 0. The minimum Gasteiger partial charge on any atom is -0.498 e. The van der Waals surface area contributed by atoms with Crippen LogP contribution in [-0.2, 0) is 11.2 Å². The Hall–Kier alpha value is -1.24. The van der Waals surface area contributed by atoms with Crippen LogP contribution in [0.5, 0.6) is 0 Å². The second-order valence-electron chi connectivity index (χ2n) is 2.98. The first-order valence-corrected chi connectivity index (χ1v) is 5.62. The van der Waals surface area contributed by atoms with Gasteiger partial charge < -0.3 is 4.74 Å². The van der Waals surface area contributed by atoms with Crippen LogP contribution in [0.3, 0.4) is 0 Å². The standard InChI is InChI=1S/C12H16O.C2H6/c1-3-11(2)13-10-9-12-7-5-4-6-8-12;1-2/h3-8H,9-10H2,1-2H3;1-2H3/b11-3+;. The molecule has 0 saturated carbocycles. The highest BCUT2D eigenvalue weighted by molar-refractivity contribution is 5.14. The molecule has 0 amide bonds. The van der Waals surface area contributed by atoms with Crippen LogP contribution < -0.4 is 0 Å². The number of hydrogen-bond donors (Lipinski definition) is 0. The van der Waals surface area contributed by atoms with Crippen LogP contribution in [0.15, 0.2) is 42.2 Å². The highest BCUT2D eigenvalue weighted by Crippen LogP contribution is 2.02. The Bertz CT molecular complexity index is 262. The molecule has 0 saturated heterocycles. The normalized spacial score (nSPS) is 10.3. The van der Waals surface area contributed by atoms with Crippen molar-refractivity contribution in [1.29, 1.82) is 0 Å². The van der Waals surface area contributed by atoms with E-state index in [4.69, 9.17) is 4.74 Å². The first-order valence-electron chi connectivity index (χ1n) is 5.62. The van der Waals surface area contributed by atoms with Gasteiger partial charge in [0.25, 0.3) is 0 Å². The molecule has 1 aromatic rings. The third-order valence-electron chi connectivity index (χ3n) is 1.97. The molecule has 1 heteroatoms. The zero-order chi connectivity index (χ0) is 11.5. The third-order valence-corrected chi connectivity index (χ3v) is 1.97. The Balaban J connectivity index is 0.000000921. The van der Waals surface area contributed by atoms with Crippen molar-refractivity contribution in [3.8, 4) is 0 Å². The van der Waals surface area contributed by atoms with Crippen LogP contribution in [0.1, 0.15) is 33.3 Å². The van der Waals surface area contributed by atoms with Crippen LogP contribution in [0, 0.1) is 0 Å². The molecule has 0 aliphatic carbocycles. The monoisotopic (exact) mass is 206 g/mol. The molecular weight excluding hydrogens is 184 g/mol. The maximum Gasteiger partial charge on any atom is 0.0917 e. The summed E-state index contributed by atoms with van der Waals surface area (Å²) in [6.07, 6.45) is 2.96. The van der Waals surface area contributed by atoms with E-state index in [1.807, 2.05) is 39.8 Å². The maximum absolute atomic E-state index is 5.46. The third kappa shape index (κ3) is 6.78. The van der Waals surface area contributed by atoms with E-state index < -0.39 is 0 Å². The molecule has 0 spiro atoms. The molecule has 0 aliphatic heterocycles. The molecule has 0 fully saturated rings. The fourth-order valence-corrected chi connectivity index (χ4v) is 1.06. The molecule has 0 unspecified atom stereocenters. The van der Waals surface area contributed by atoms with Crippen LogP contribution in [0.2, 0.25) is 0 Å². The predicted molar refractivity (Wildman–Crippen MR) is 66.9 cm³/mol. The Kier molecular flexibility index (Phi) is 8.55. The van der Waals surface area contributed by atoms with Gasteiger partial charge in [0.2, 0.25) is 0 Å². The van der Waals surface area contributed by atoms with Gasteiger partial charge in [-0.3, -0.25) is 0 Å². The molecule has 1 rings (SSSR count). The maximum atomic E-state index is 5.46. The van der Waals surface area contributed by atoms with Crippen LogP contribution >= 0.6 is 0 Å². The Morgan fingerprint density at radius 3 is 2.33 bits per heavy atom. The molecule has 0 bridgehead atoms. The zero-order valence-electron chi connectivity index (χ0n) is 10.3. The molecule has 1 nitrogen and oxygen atoms in total. The highest BCUT2D eigenvalue weighted by atomic mass is 16.5. The number of benzene rings is 1. The molecule has 0 radical (unpaired) electrons. The van der Waals surface area contributed by atoms with Gasteiger partial charge in [-0.15, -0.1) is 0 Å². The van der Waals surface area contributed by atoms with Gasteiger partial charge in [0.1, 0.15) is 0 Å². The summed E-state index contributed by atoms with van der Waals surface area (Å²) in [7, 11) is 0. The predicted octanol–water partition coefficient (Wildman–Crippen LogP) is 4.20. The summed E-state index contributed by atoms with van der Waals surface area (Å²) in [5, 5.41) is 0. The SMILES string of the molecule is C/C=C(\C)OCCc1ccccc1.CC. The van der Waals surface area contributed by atoms with Crippen molar-refractivity contribution in [2.24, 2.45) is 0 Å². The van der Waals surface area contributed by atoms with E-state index in [0.29, 0.717) is 0 Å². The van der Waals surface area contributed by atoms with Gasteiger partial charge in [0.05, 0.1) is 12.4 Å². The molecule has 0 N–H and O–H groups in total. The number of allylic oxidation sites excluding steroid dienone is 2. The average molecular weight is 206 g/mol. The van der Waals surface area contributed by atoms with E-state index in [0.717, 1.165) is 18.8 Å². The molecule has 0 atom stereocenters. The van der Waals surface area contributed by atoms with Gasteiger partial charge in [0, 0.05) is 6.42 Å². The smallest absolute Gasteiger partial charge is 0.0917 e. The van der Waals surface area contributed by atoms with Crippen molar-refractivity contribution in [3.05, 3.63) is 47.7 Å². The molecule has 0 heterocycles. The van der Waals surface area contributed by atoms with Gasteiger partial charge in [-0.1, -0.05) is 50.3 Å². The highest BCUT2D eigenvalue weighted by Gasteiger charge is 1.91. The van der Waals surface area contributed by atoms with Gasteiger partial charge in [-0.25, -0.2) is 0 Å². The van der Waals surface area contributed by atoms with Gasteiger partial charge in [-0.2, -0.15) is 0 Å². The Morgan fingerprint density at radius 1 is 1.20 bits per heavy atom. The summed E-state index contributed by atoms with van der Waals surface area (Å²) in [5.41, 5.74) is 1.33. The zero-order valence-corrected chi connectivity index (χ0v) is 10.3. The lowest BCUT2D eigenvalue weighted by Crippen LogP contribution is -1.96. The van der Waals surface area contributed by atoms with Crippen molar-refractivity contribution in [2.75, 3.05) is 6.61 Å². The van der Waals surface area contributed by atoms with Crippen LogP contribution in [-0.4, -0.2) is 6.61 Å². The second-order valence-corrected chi connectivity index (χ2v) is 2.98. The van der Waals surface area contributed by atoms with Crippen molar-refractivity contribution >= 4 is 0 Å². The lowest BCUT2D eigenvalue weighted by atomic mass is 10.2. The van der Waals surface area contributed by atoms with Gasteiger partial charge >= 0.3 is 0 Å². The summed E-state index contributed by atoms with van der Waals surface area (Å²) >= 11 is 0. The second kappa shape index (κ2) is 9.32. The van der Waals surface area contributed by atoms with Crippen molar-refractivity contribution < 1.29 is 4.74 Å². The van der Waals surface area contributed by atoms with E-state index in [1.54, 1.807) is 0 Å². The topological polar surface area (TPSA) is 9.23 Å². The van der Waals surface area contributed by atoms with Crippen molar-refractivity contribution in [2.45, 2.75) is 34.1 Å². The van der Waals surface area contributed by atoms with E-state index in [-0.39, 0.29) is 0 Å². The molecule has 15 heavy (non-hydrogen) atoms. The largest absolute Gasteiger partial charge is 0.498 e. The first-order chi connectivity index (χ1) is 7.33. The molecular formula is C14H22O. The lowest BCUT2D eigenvalue weighted by Gasteiger charge is -2.05. The van der Waals surface area contributed by atoms with Gasteiger partial charge in [-0.05, 0) is 19.4 Å². The van der Waals surface area contributed by atoms with Crippen LogP contribution in [0.25, 0.3) is 0 Å². The summed E-state index contributed by atoms with van der Waals surface area (Å²) < 4.78 is 5.46. The molecule has 0 aliphatic rings.